The van der Waals surface area contributed by atoms with Gasteiger partial charge in [-0.1, -0.05) is 53.0 Å². The lowest BCUT2D eigenvalue weighted by molar-refractivity contribution is -0.394. The van der Waals surface area contributed by atoms with Crippen molar-refractivity contribution in [2.24, 2.45) is 0 Å². The van der Waals surface area contributed by atoms with E-state index in [0.29, 0.717) is 5.69 Å². The molecule has 28 heavy (non-hydrogen) atoms. The van der Waals surface area contributed by atoms with E-state index in [1.165, 1.54) is 0 Å². The number of para-hydroxylation sites is 1. The lowest BCUT2D eigenvalue weighted by atomic mass is 10.1. The summed E-state index contributed by atoms with van der Waals surface area (Å²) in [7, 11) is 0. The van der Waals surface area contributed by atoms with Crippen LogP contribution in [-0.4, -0.2) is 25.7 Å². The number of nitrogens with one attached hydrogen (secondary N) is 2. The van der Waals surface area contributed by atoms with Crippen molar-refractivity contribution >= 4 is 57.8 Å². The quantitative estimate of drug-likeness (QED) is 0.293. The number of non-ortho nitro benzene ring substituents is 2. The van der Waals surface area contributed by atoms with Crippen LogP contribution >= 0.6 is 34.8 Å². The number of benzene rings is 2. The van der Waals surface area contributed by atoms with E-state index in [9.17, 15) is 25.0 Å². The number of anilines is 1. The fraction of sp³-hybridized carbons (Fsp3) is 0.188. The Morgan fingerprint density at radius 2 is 1.57 bits per heavy atom. The third-order valence-electron chi connectivity index (χ3n) is 3.63. The van der Waals surface area contributed by atoms with Crippen molar-refractivity contribution in [1.82, 2.24) is 5.32 Å². The highest BCUT2D eigenvalue weighted by Gasteiger charge is 2.35. The maximum Gasteiger partial charge on any atom is 0.277 e. The van der Waals surface area contributed by atoms with Gasteiger partial charge in [-0.2, -0.15) is 0 Å². The number of amides is 1. The van der Waals surface area contributed by atoms with Crippen LogP contribution in [0.25, 0.3) is 0 Å². The minimum atomic E-state index is -2.00. The van der Waals surface area contributed by atoms with Crippen LogP contribution < -0.4 is 10.6 Å². The van der Waals surface area contributed by atoms with Crippen LogP contribution in [0.3, 0.4) is 0 Å². The first kappa shape index (κ1) is 21.7. The number of hydrogen-bond acceptors (Lipinski definition) is 6. The van der Waals surface area contributed by atoms with E-state index in [-0.39, 0.29) is 5.56 Å². The summed E-state index contributed by atoms with van der Waals surface area (Å²) in [6, 6.07) is 9.56. The summed E-state index contributed by atoms with van der Waals surface area (Å²) < 4.78 is -2.00. The lowest BCUT2D eigenvalue weighted by Gasteiger charge is -2.28. The third kappa shape index (κ3) is 5.44. The minimum absolute atomic E-state index is 0.327. The number of hydrogen-bond donors (Lipinski definition) is 2. The molecule has 0 aromatic heterocycles. The van der Waals surface area contributed by atoms with Crippen LogP contribution in [0, 0.1) is 27.2 Å². The van der Waals surface area contributed by atoms with Crippen LogP contribution in [0.1, 0.15) is 15.9 Å². The number of halogens is 3. The maximum atomic E-state index is 12.6. The molecule has 0 aliphatic heterocycles. The van der Waals surface area contributed by atoms with Gasteiger partial charge < -0.3 is 10.6 Å². The van der Waals surface area contributed by atoms with Gasteiger partial charge in [0, 0.05) is 17.8 Å². The molecule has 0 aliphatic rings. The van der Waals surface area contributed by atoms with Crippen LogP contribution in [0.4, 0.5) is 17.1 Å². The molecule has 2 aromatic rings. The summed E-state index contributed by atoms with van der Waals surface area (Å²) in [5.41, 5.74) is -0.175. The Bertz CT molecular complexity index is 900. The molecule has 12 heteroatoms. The van der Waals surface area contributed by atoms with Gasteiger partial charge in [0.15, 0.2) is 0 Å². The summed E-state index contributed by atoms with van der Waals surface area (Å²) in [6.07, 6.45) is -1.23. The highest BCUT2D eigenvalue weighted by atomic mass is 35.6. The Morgan fingerprint density at radius 1 is 1.04 bits per heavy atom. The molecule has 148 valence electrons. The van der Waals surface area contributed by atoms with Gasteiger partial charge in [0.25, 0.3) is 17.3 Å². The molecule has 0 radical (unpaired) electrons. The number of aryl methyl sites for hydroxylation is 1. The van der Waals surface area contributed by atoms with Crippen molar-refractivity contribution in [3.05, 3.63) is 73.8 Å². The summed E-state index contributed by atoms with van der Waals surface area (Å²) in [5.74, 6) is -0.899. The average molecular weight is 448 g/mol. The van der Waals surface area contributed by atoms with Crippen LogP contribution in [0.2, 0.25) is 0 Å². The third-order valence-corrected chi connectivity index (χ3v) is 4.29. The highest BCUT2D eigenvalue weighted by Crippen LogP contribution is 2.32. The molecule has 1 amide bonds. The normalized spacial score (nSPS) is 12.1. The molecule has 1 atom stereocenters. The molecule has 0 bridgehead atoms. The fourth-order valence-corrected chi connectivity index (χ4v) is 2.57. The minimum Gasteiger partial charge on any atom is -0.362 e. The Labute approximate surface area is 173 Å². The first-order valence-electron chi connectivity index (χ1n) is 7.62. The second kappa shape index (κ2) is 8.59. The monoisotopic (exact) mass is 446 g/mol. The lowest BCUT2D eigenvalue weighted by Crippen LogP contribution is -2.49. The molecule has 0 fully saturated rings. The smallest absolute Gasteiger partial charge is 0.277 e. The van der Waals surface area contributed by atoms with Crippen molar-refractivity contribution in [3.8, 4) is 0 Å². The Morgan fingerprint density at radius 3 is 2.04 bits per heavy atom. The first-order chi connectivity index (χ1) is 13.0. The molecule has 0 saturated heterocycles. The van der Waals surface area contributed by atoms with Crippen molar-refractivity contribution in [3.63, 3.8) is 0 Å². The number of carbonyl (C=O) groups excluding carboxylic acids is 1. The van der Waals surface area contributed by atoms with Crippen LogP contribution in [0.5, 0.6) is 0 Å². The van der Waals surface area contributed by atoms with Gasteiger partial charge >= 0.3 is 0 Å². The molecule has 0 saturated carbocycles. The van der Waals surface area contributed by atoms with E-state index >= 15 is 0 Å². The zero-order chi connectivity index (χ0) is 21.1. The van der Waals surface area contributed by atoms with Crippen molar-refractivity contribution in [2.75, 3.05) is 5.32 Å². The summed E-state index contributed by atoms with van der Waals surface area (Å²) in [6.45, 7) is 1.80. The van der Waals surface area contributed by atoms with E-state index < -0.39 is 37.1 Å². The second-order valence-electron chi connectivity index (χ2n) is 5.66. The van der Waals surface area contributed by atoms with Gasteiger partial charge in [-0.15, -0.1) is 0 Å². The number of carbonyl (C=O) groups is 1. The van der Waals surface area contributed by atoms with Crippen LogP contribution in [-0.2, 0) is 0 Å². The SMILES string of the molecule is Cc1ccccc1N[C@@H](NC(=O)c1cc([N+](=O)[O-])cc([N+](=O)[O-])c1)C(Cl)(Cl)Cl. The molecule has 9 nitrogen and oxygen atoms in total. The fourth-order valence-electron chi connectivity index (χ4n) is 2.24. The molecular weight excluding hydrogens is 435 g/mol. The Kier molecular flexibility index (Phi) is 6.65. The molecular formula is C16H13Cl3N4O5. The molecule has 0 aliphatic carbocycles. The summed E-state index contributed by atoms with van der Waals surface area (Å²) >= 11 is 17.8. The van der Waals surface area contributed by atoms with E-state index in [1.807, 2.05) is 0 Å². The summed E-state index contributed by atoms with van der Waals surface area (Å²) in [4.78, 5) is 32.8. The first-order valence-corrected chi connectivity index (χ1v) is 8.76. The Balaban J connectivity index is 2.35. The highest BCUT2D eigenvalue weighted by molar-refractivity contribution is 6.68. The van der Waals surface area contributed by atoms with Crippen LogP contribution in [0.15, 0.2) is 42.5 Å². The molecule has 0 unspecified atom stereocenters. The molecule has 2 aromatic carbocycles. The standard InChI is InChI=1S/C16H13Cl3N4O5/c1-9-4-2-3-5-13(9)20-15(16(17,18)19)21-14(24)10-6-11(22(25)26)8-12(7-10)23(27)28/h2-8,15,20H,1H3,(H,21,24)/t15-/m0/s1. The molecule has 0 heterocycles. The van der Waals surface area contributed by atoms with Gasteiger partial charge in [0.2, 0.25) is 3.79 Å². The molecule has 2 rings (SSSR count). The predicted octanol–water partition coefficient (Wildman–Crippen LogP) is 4.35. The maximum absolute atomic E-state index is 12.6. The van der Waals surface area contributed by atoms with E-state index in [1.54, 1.807) is 31.2 Å². The van der Waals surface area contributed by atoms with E-state index in [0.717, 1.165) is 23.8 Å². The zero-order valence-corrected chi connectivity index (χ0v) is 16.5. The van der Waals surface area contributed by atoms with E-state index in [4.69, 9.17) is 34.8 Å². The van der Waals surface area contributed by atoms with Gasteiger partial charge in [-0.3, -0.25) is 25.0 Å². The molecule has 2 N–H and O–H groups in total. The molecule has 0 spiro atoms. The summed E-state index contributed by atoms with van der Waals surface area (Å²) in [5, 5.41) is 27.2. The number of nitro groups is 2. The van der Waals surface area contributed by atoms with Crippen molar-refractivity contribution in [2.45, 2.75) is 16.9 Å². The van der Waals surface area contributed by atoms with Gasteiger partial charge in [-0.25, -0.2) is 0 Å². The van der Waals surface area contributed by atoms with Crippen molar-refractivity contribution < 1.29 is 14.6 Å². The number of alkyl halides is 3. The average Bonchev–Trinajstić information content (AvgIpc) is 2.61. The largest absolute Gasteiger partial charge is 0.362 e. The number of nitrogens with zero attached hydrogens (tertiary/aromatic N) is 2. The zero-order valence-electron chi connectivity index (χ0n) is 14.2. The predicted molar refractivity (Wildman–Crippen MR) is 106 cm³/mol. The van der Waals surface area contributed by atoms with Gasteiger partial charge in [-0.05, 0) is 18.6 Å². The topological polar surface area (TPSA) is 127 Å². The number of rotatable bonds is 6. The van der Waals surface area contributed by atoms with Gasteiger partial charge in [0.1, 0.15) is 6.17 Å². The Hall–Kier alpha value is -2.62. The van der Waals surface area contributed by atoms with E-state index in [2.05, 4.69) is 10.6 Å². The number of nitro benzene ring substituents is 2. The second-order valence-corrected chi connectivity index (χ2v) is 8.03. The van der Waals surface area contributed by atoms with Gasteiger partial charge in [0.05, 0.1) is 21.5 Å². The van der Waals surface area contributed by atoms with Crippen molar-refractivity contribution in [1.29, 1.82) is 0 Å².